The molecule has 1 saturated carbocycles. The van der Waals surface area contributed by atoms with Gasteiger partial charge in [-0.05, 0) is 37.0 Å². The van der Waals surface area contributed by atoms with Crippen LogP contribution >= 0.6 is 0 Å². The van der Waals surface area contributed by atoms with Gasteiger partial charge in [-0.2, -0.15) is 0 Å². The molecule has 0 spiro atoms. The summed E-state index contributed by atoms with van der Waals surface area (Å²) in [5.41, 5.74) is 1.26. The van der Waals surface area contributed by atoms with Gasteiger partial charge < -0.3 is 15.4 Å². The first-order chi connectivity index (χ1) is 10.3. The van der Waals surface area contributed by atoms with Crippen molar-refractivity contribution in [1.82, 2.24) is 10.6 Å². The highest BCUT2D eigenvalue weighted by Crippen LogP contribution is 2.17. The Morgan fingerprint density at radius 3 is 2.86 bits per heavy atom. The first-order valence-electron chi connectivity index (χ1n) is 8.04. The second-order valence-electron chi connectivity index (χ2n) is 5.58. The smallest absolute Gasteiger partial charge is 0.315 e. The van der Waals surface area contributed by atoms with Crippen molar-refractivity contribution in [3.63, 3.8) is 0 Å². The van der Waals surface area contributed by atoms with E-state index in [1.54, 1.807) is 0 Å². The van der Waals surface area contributed by atoms with Crippen LogP contribution in [0.4, 0.5) is 4.79 Å². The van der Waals surface area contributed by atoms with Crippen LogP contribution in [0.5, 0.6) is 5.75 Å². The van der Waals surface area contributed by atoms with Gasteiger partial charge in [-0.3, -0.25) is 0 Å². The van der Waals surface area contributed by atoms with Gasteiger partial charge in [0.1, 0.15) is 12.4 Å². The van der Waals surface area contributed by atoms with E-state index in [9.17, 15) is 4.79 Å². The highest BCUT2D eigenvalue weighted by molar-refractivity contribution is 5.74. The van der Waals surface area contributed by atoms with E-state index in [1.807, 2.05) is 18.2 Å². The van der Waals surface area contributed by atoms with Crippen molar-refractivity contribution in [2.75, 3.05) is 13.2 Å². The SMILES string of the molecule is CCc1cccc(OCCNC(=O)NC2CCCCC2)c1. The normalized spacial score (nSPS) is 15.5. The lowest BCUT2D eigenvalue weighted by atomic mass is 9.96. The van der Waals surface area contributed by atoms with Gasteiger partial charge in [0.25, 0.3) is 0 Å². The van der Waals surface area contributed by atoms with Crippen molar-refractivity contribution in [2.45, 2.75) is 51.5 Å². The van der Waals surface area contributed by atoms with Crippen molar-refractivity contribution in [2.24, 2.45) is 0 Å². The first kappa shape index (κ1) is 15.7. The third kappa shape index (κ3) is 5.66. The molecule has 0 bridgehead atoms. The third-order valence-electron chi connectivity index (χ3n) is 3.90. The highest BCUT2D eigenvalue weighted by Gasteiger charge is 2.14. The summed E-state index contributed by atoms with van der Waals surface area (Å²) in [4.78, 5) is 11.7. The van der Waals surface area contributed by atoms with Gasteiger partial charge in [0.2, 0.25) is 0 Å². The molecule has 1 fully saturated rings. The van der Waals surface area contributed by atoms with E-state index in [2.05, 4.69) is 23.6 Å². The zero-order valence-corrected chi connectivity index (χ0v) is 12.9. The Morgan fingerprint density at radius 1 is 1.29 bits per heavy atom. The summed E-state index contributed by atoms with van der Waals surface area (Å²) in [6, 6.07) is 8.34. The maximum Gasteiger partial charge on any atom is 0.315 e. The predicted octanol–water partition coefficient (Wildman–Crippen LogP) is 3.26. The van der Waals surface area contributed by atoms with E-state index >= 15 is 0 Å². The van der Waals surface area contributed by atoms with E-state index in [1.165, 1.54) is 24.8 Å². The van der Waals surface area contributed by atoms with Crippen molar-refractivity contribution in [1.29, 1.82) is 0 Å². The number of aryl methyl sites for hydroxylation is 1. The Morgan fingerprint density at radius 2 is 2.10 bits per heavy atom. The molecule has 0 saturated heterocycles. The Kier molecular flexibility index (Phi) is 6.38. The molecule has 1 aliphatic rings. The van der Waals surface area contributed by atoms with Crippen molar-refractivity contribution >= 4 is 6.03 Å². The molecule has 0 aromatic heterocycles. The lowest BCUT2D eigenvalue weighted by molar-refractivity contribution is 0.228. The quantitative estimate of drug-likeness (QED) is 0.790. The van der Waals surface area contributed by atoms with Crippen LogP contribution in [0.15, 0.2) is 24.3 Å². The van der Waals surface area contributed by atoms with Crippen molar-refractivity contribution in [3.8, 4) is 5.75 Å². The number of carbonyl (C=O) groups is 1. The van der Waals surface area contributed by atoms with Crippen LogP contribution < -0.4 is 15.4 Å². The third-order valence-corrected chi connectivity index (χ3v) is 3.90. The lowest BCUT2D eigenvalue weighted by Gasteiger charge is -2.22. The second kappa shape index (κ2) is 8.55. The largest absolute Gasteiger partial charge is 0.492 e. The Hall–Kier alpha value is -1.71. The molecule has 4 heteroatoms. The van der Waals surface area contributed by atoms with Gasteiger partial charge in [0, 0.05) is 6.04 Å². The molecule has 116 valence electrons. The number of hydrogen-bond acceptors (Lipinski definition) is 2. The Bertz CT molecular complexity index is 442. The number of nitrogens with one attached hydrogen (secondary N) is 2. The number of benzene rings is 1. The maximum absolute atomic E-state index is 11.7. The minimum atomic E-state index is -0.0761. The Balaban J connectivity index is 1.61. The molecule has 0 unspecified atom stereocenters. The minimum Gasteiger partial charge on any atom is -0.492 e. The van der Waals surface area contributed by atoms with Crippen molar-refractivity contribution in [3.05, 3.63) is 29.8 Å². The second-order valence-corrected chi connectivity index (χ2v) is 5.58. The summed E-state index contributed by atoms with van der Waals surface area (Å²) >= 11 is 0. The molecule has 2 rings (SSSR count). The fourth-order valence-electron chi connectivity index (χ4n) is 2.67. The molecule has 1 aromatic carbocycles. The number of urea groups is 1. The summed E-state index contributed by atoms with van der Waals surface area (Å²) in [6.07, 6.45) is 6.95. The number of rotatable bonds is 6. The van der Waals surface area contributed by atoms with E-state index < -0.39 is 0 Å². The molecular weight excluding hydrogens is 264 g/mol. The molecule has 21 heavy (non-hydrogen) atoms. The fraction of sp³-hybridized carbons (Fsp3) is 0.588. The molecule has 2 N–H and O–H groups in total. The van der Waals surface area contributed by atoms with Gasteiger partial charge in [0.05, 0.1) is 6.54 Å². The van der Waals surface area contributed by atoms with Gasteiger partial charge in [-0.15, -0.1) is 0 Å². The van der Waals surface area contributed by atoms with Crippen LogP contribution in [0.1, 0.15) is 44.6 Å². The van der Waals surface area contributed by atoms with Gasteiger partial charge in [0.15, 0.2) is 0 Å². The van der Waals surface area contributed by atoms with Crippen LogP contribution in [0.25, 0.3) is 0 Å². The van der Waals surface area contributed by atoms with Crippen LogP contribution in [0.3, 0.4) is 0 Å². The first-order valence-corrected chi connectivity index (χ1v) is 8.04. The number of carbonyl (C=O) groups excluding carboxylic acids is 1. The summed E-state index contributed by atoms with van der Waals surface area (Å²) in [7, 11) is 0. The van der Waals surface area contributed by atoms with Gasteiger partial charge in [-0.25, -0.2) is 4.79 Å². The van der Waals surface area contributed by atoms with Crippen LogP contribution in [-0.4, -0.2) is 25.2 Å². The maximum atomic E-state index is 11.7. The monoisotopic (exact) mass is 290 g/mol. The molecule has 1 aromatic rings. The molecule has 1 aliphatic carbocycles. The number of ether oxygens (including phenoxy) is 1. The summed E-state index contributed by atoms with van der Waals surface area (Å²) in [6.45, 7) is 3.14. The van der Waals surface area contributed by atoms with Crippen LogP contribution in [-0.2, 0) is 6.42 Å². The standard InChI is InChI=1S/C17H26N2O2/c1-2-14-7-6-10-16(13-14)21-12-11-18-17(20)19-15-8-4-3-5-9-15/h6-7,10,13,15H,2-5,8-9,11-12H2,1H3,(H2,18,19,20). The average molecular weight is 290 g/mol. The highest BCUT2D eigenvalue weighted by atomic mass is 16.5. The molecule has 0 aliphatic heterocycles. The fourth-order valence-corrected chi connectivity index (χ4v) is 2.67. The number of amides is 2. The van der Waals surface area contributed by atoms with Gasteiger partial charge >= 0.3 is 6.03 Å². The van der Waals surface area contributed by atoms with Crippen molar-refractivity contribution < 1.29 is 9.53 Å². The lowest BCUT2D eigenvalue weighted by Crippen LogP contribution is -2.44. The minimum absolute atomic E-state index is 0.0761. The topological polar surface area (TPSA) is 50.4 Å². The average Bonchev–Trinajstić information content (AvgIpc) is 2.53. The molecule has 0 heterocycles. The van der Waals surface area contributed by atoms with E-state index in [0.29, 0.717) is 19.2 Å². The number of hydrogen-bond donors (Lipinski definition) is 2. The van der Waals surface area contributed by atoms with E-state index in [0.717, 1.165) is 25.0 Å². The van der Waals surface area contributed by atoms with Crippen LogP contribution in [0.2, 0.25) is 0 Å². The predicted molar refractivity (Wildman–Crippen MR) is 84.7 cm³/mol. The molecular formula is C17H26N2O2. The molecule has 0 atom stereocenters. The van der Waals surface area contributed by atoms with E-state index in [4.69, 9.17) is 4.74 Å². The van der Waals surface area contributed by atoms with E-state index in [-0.39, 0.29) is 6.03 Å². The summed E-state index contributed by atoms with van der Waals surface area (Å²) < 4.78 is 5.65. The summed E-state index contributed by atoms with van der Waals surface area (Å²) in [5, 5.41) is 5.88. The molecule has 2 amide bonds. The zero-order valence-electron chi connectivity index (χ0n) is 12.9. The summed E-state index contributed by atoms with van der Waals surface area (Å²) in [5.74, 6) is 0.865. The van der Waals surface area contributed by atoms with Gasteiger partial charge in [-0.1, -0.05) is 38.3 Å². The molecule has 4 nitrogen and oxygen atoms in total. The Labute approximate surface area is 127 Å². The molecule has 0 radical (unpaired) electrons. The van der Waals surface area contributed by atoms with Crippen LogP contribution in [0, 0.1) is 0 Å². The zero-order chi connectivity index (χ0) is 14.9.